The average molecular weight is 258 g/mol. The monoisotopic (exact) mass is 258 g/mol. The normalized spacial score (nSPS) is 30.4. The molecule has 1 rings (SSSR count). The molecular formula is C13H26N2O3. The van der Waals surface area contributed by atoms with Crippen molar-refractivity contribution in [3.63, 3.8) is 0 Å². The van der Waals surface area contributed by atoms with Crippen LogP contribution in [0.3, 0.4) is 0 Å². The summed E-state index contributed by atoms with van der Waals surface area (Å²) in [6, 6.07) is 0.605. The lowest BCUT2D eigenvalue weighted by molar-refractivity contribution is -0.147. The van der Waals surface area contributed by atoms with Crippen molar-refractivity contribution in [2.75, 3.05) is 27.8 Å². The number of aliphatic carboxylic acids is 1. The summed E-state index contributed by atoms with van der Waals surface area (Å²) < 4.78 is 5.17. The smallest absolute Gasteiger partial charge is 0.323 e. The van der Waals surface area contributed by atoms with Crippen molar-refractivity contribution in [2.24, 2.45) is 0 Å². The number of hydrogen-bond acceptors (Lipinski definition) is 4. The molecule has 18 heavy (non-hydrogen) atoms. The van der Waals surface area contributed by atoms with Crippen LogP contribution in [0.15, 0.2) is 0 Å². The van der Waals surface area contributed by atoms with Gasteiger partial charge in [0, 0.05) is 19.2 Å². The molecule has 0 bridgehead atoms. The average Bonchev–Trinajstić information content (AvgIpc) is 2.37. The number of nitrogens with one attached hydrogen (secondary N) is 1. The SMILES string of the molecule is CNC1(C(=O)O)CCCC(N(C)C(C)COC)C1. The molecule has 0 saturated heterocycles. The fraction of sp³-hybridized carbons (Fsp3) is 0.923. The number of methoxy groups -OCH3 is 1. The van der Waals surface area contributed by atoms with Crippen LogP contribution in [0.4, 0.5) is 0 Å². The van der Waals surface area contributed by atoms with Gasteiger partial charge in [-0.05, 0) is 46.7 Å². The quantitative estimate of drug-likeness (QED) is 0.742. The zero-order valence-corrected chi connectivity index (χ0v) is 11.9. The standard InChI is InChI=1S/C13H26N2O3/c1-10(9-18-4)15(3)11-6-5-7-13(8-11,14-2)12(16)17/h10-11,14H,5-9H2,1-4H3,(H,16,17). The van der Waals surface area contributed by atoms with Gasteiger partial charge in [0.05, 0.1) is 6.61 Å². The Balaban J connectivity index is 2.71. The van der Waals surface area contributed by atoms with Gasteiger partial charge in [0.15, 0.2) is 0 Å². The molecule has 0 aliphatic heterocycles. The Bertz CT molecular complexity index is 285. The van der Waals surface area contributed by atoms with Crippen LogP contribution in [0.5, 0.6) is 0 Å². The van der Waals surface area contributed by atoms with Gasteiger partial charge in [0.25, 0.3) is 0 Å². The molecule has 0 aromatic carbocycles. The van der Waals surface area contributed by atoms with Crippen LogP contribution in [-0.2, 0) is 9.53 Å². The lowest BCUT2D eigenvalue weighted by Crippen LogP contribution is -2.57. The second kappa shape index (κ2) is 6.50. The first-order valence-corrected chi connectivity index (χ1v) is 6.60. The summed E-state index contributed by atoms with van der Waals surface area (Å²) in [6.45, 7) is 2.78. The number of carboxylic acids is 1. The highest BCUT2D eigenvalue weighted by Crippen LogP contribution is 2.31. The van der Waals surface area contributed by atoms with Gasteiger partial charge in [-0.15, -0.1) is 0 Å². The maximum absolute atomic E-state index is 11.5. The van der Waals surface area contributed by atoms with Crippen molar-refractivity contribution in [3.8, 4) is 0 Å². The molecule has 1 aliphatic carbocycles. The van der Waals surface area contributed by atoms with Crippen molar-refractivity contribution in [2.45, 2.75) is 50.2 Å². The summed E-state index contributed by atoms with van der Waals surface area (Å²) in [4.78, 5) is 13.7. The third-order valence-electron chi connectivity index (χ3n) is 4.29. The molecule has 106 valence electrons. The molecule has 0 aromatic rings. The van der Waals surface area contributed by atoms with Crippen LogP contribution >= 0.6 is 0 Å². The van der Waals surface area contributed by atoms with Crippen LogP contribution in [-0.4, -0.2) is 61.4 Å². The highest BCUT2D eigenvalue weighted by molar-refractivity contribution is 5.79. The Kier molecular flexibility index (Phi) is 5.56. The topological polar surface area (TPSA) is 61.8 Å². The number of nitrogens with zero attached hydrogens (tertiary/aromatic N) is 1. The Labute approximate surface area is 109 Å². The van der Waals surface area contributed by atoms with Crippen LogP contribution in [0, 0.1) is 0 Å². The van der Waals surface area contributed by atoms with Gasteiger partial charge in [-0.3, -0.25) is 9.69 Å². The van der Waals surface area contributed by atoms with Crippen LogP contribution < -0.4 is 5.32 Å². The molecule has 1 fully saturated rings. The van der Waals surface area contributed by atoms with E-state index in [9.17, 15) is 9.90 Å². The zero-order valence-electron chi connectivity index (χ0n) is 11.9. The second-order valence-electron chi connectivity index (χ2n) is 5.36. The number of ether oxygens (including phenoxy) is 1. The summed E-state index contributed by atoms with van der Waals surface area (Å²) in [5.41, 5.74) is -0.760. The van der Waals surface area contributed by atoms with E-state index in [1.54, 1.807) is 14.2 Å². The van der Waals surface area contributed by atoms with Crippen molar-refractivity contribution >= 4 is 5.97 Å². The Hall–Kier alpha value is -0.650. The van der Waals surface area contributed by atoms with Crippen molar-refractivity contribution in [1.29, 1.82) is 0 Å². The van der Waals surface area contributed by atoms with Crippen molar-refractivity contribution in [3.05, 3.63) is 0 Å². The van der Waals surface area contributed by atoms with Gasteiger partial charge in [-0.1, -0.05) is 0 Å². The largest absolute Gasteiger partial charge is 0.480 e. The first-order valence-electron chi connectivity index (χ1n) is 6.60. The van der Waals surface area contributed by atoms with Crippen molar-refractivity contribution < 1.29 is 14.6 Å². The van der Waals surface area contributed by atoms with E-state index in [1.165, 1.54) is 0 Å². The van der Waals surface area contributed by atoms with Gasteiger partial charge in [0.2, 0.25) is 0 Å². The minimum atomic E-state index is -0.760. The van der Waals surface area contributed by atoms with Crippen LogP contribution in [0.2, 0.25) is 0 Å². The molecule has 5 nitrogen and oxygen atoms in total. The molecule has 0 heterocycles. The Morgan fingerprint density at radius 3 is 2.83 bits per heavy atom. The molecule has 0 amide bonds. The van der Waals surface area contributed by atoms with E-state index in [-0.39, 0.29) is 0 Å². The molecule has 1 saturated carbocycles. The molecule has 1 aliphatic rings. The number of likely N-dealkylation sites (N-methyl/N-ethyl adjacent to an activating group) is 2. The van der Waals surface area contributed by atoms with E-state index in [4.69, 9.17) is 4.74 Å². The maximum Gasteiger partial charge on any atom is 0.323 e. The number of rotatable bonds is 6. The molecule has 0 aromatic heterocycles. The first kappa shape index (κ1) is 15.4. The van der Waals surface area contributed by atoms with Crippen LogP contribution in [0.1, 0.15) is 32.6 Å². The van der Waals surface area contributed by atoms with Gasteiger partial charge in [-0.2, -0.15) is 0 Å². The highest BCUT2D eigenvalue weighted by atomic mass is 16.5. The van der Waals surface area contributed by atoms with E-state index in [2.05, 4.69) is 24.2 Å². The fourth-order valence-corrected chi connectivity index (χ4v) is 2.84. The Morgan fingerprint density at radius 1 is 1.67 bits per heavy atom. The Morgan fingerprint density at radius 2 is 2.33 bits per heavy atom. The predicted octanol–water partition coefficient (Wildman–Crippen LogP) is 0.939. The summed E-state index contributed by atoms with van der Waals surface area (Å²) >= 11 is 0. The van der Waals surface area contributed by atoms with Gasteiger partial charge >= 0.3 is 5.97 Å². The van der Waals surface area contributed by atoms with Gasteiger partial charge in [-0.25, -0.2) is 0 Å². The van der Waals surface area contributed by atoms with E-state index < -0.39 is 11.5 Å². The van der Waals surface area contributed by atoms with Gasteiger partial charge < -0.3 is 15.2 Å². The number of hydrogen-bond donors (Lipinski definition) is 2. The number of carbonyl (C=O) groups is 1. The lowest BCUT2D eigenvalue weighted by Gasteiger charge is -2.42. The van der Waals surface area contributed by atoms with Gasteiger partial charge in [0.1, 0.15) is 5.54 Å². The van der Waals surface area contributed by atoms with E-state index in [0.717, 1.165) is 12.8 Å². The summed E-state index contributed by atoms with van der Waals surface area (Å²) in [5.74, 6) is -0.734. The molecule has 0 spiro atoms. The molecule has 5 heteroatoms. The second-order valence-corrected chi connectivity index (χ2v) is 5.36. The zero-order chi connectivity index (χ0) is 13.8. The van der Waals surface area contributed by atoms with Crippen LogP contribution in [0.25, 0.3) is 0 Å². The minimum Gasteiger partial charge on any atom is -0.480 e. The molecule has 3 atom stereocenters. The first-order chi connectivity index (χ1) is 8.46. The molecular weight excluding hydrogens is 232 g/mol. The highest BCUT2D eigenvalue weighted by Gasteiger charge is 2.43. The maximum atomic E-state index is 11.5. The van der Waals surface area contributed by atoms with Crippen molar-refractivity contribution in [1.82, 2.24) is 10.2 Å². The number of carboxylic acid groups (broad SMARTS) is 1. The molecule has 2 N–H and O–H groups in total. The predicted molar refractivity (Wildman–Crippen MR) is 70.8 cm³/mol. The summed E-state index contributed by atoms with van der Waals surface area (Å²) in [6.07, 6.45) is 3.37. The summed E-state index contributed by atoms with van der Waals surface area (Å²) in [7, 11) is 5.50. The third-order valence-corrected chi connectivity index (χ3v) is 4.29. The molecule has 0 radical (unpaired) electrons. The lowest BCUT2D eigenvalue weighted by atomic mass is 9.78. The molecule has 3 unspecified atom stereocenters. The van der Waals surface area contributed by atoms with E-state index >= 15 is 0 Å². The van der Waals surface area contributed by atoms with E-state index in [1.807, 2.05) is 0 Å². The summed E-state index contributed by atoms with van der Waals surface area (Å²) in [5, 5.41) is 12.4. The minimum absolute atomic E-state index is 0.299. The third kappa shape index (κ3) is 3.22. The fourth-order valence-electron chi connectivity index (χ4n) is 2.84. The van der Waals surface area contributed by atoms with E-state index in [0.29, 0.717) is 31.5 Å².